The van der Waals surface area contributed by atoms with Crippen LogP contribution in [0.1, 0.15) is 32.6 Å². The average molecular weight is 297 g/mol. The number of carboxylic acids is 1. The minimum Gasteiger partial charge on any atom is -0.481 e. The minimum absolute atomic E-state index is 0.100. The number of alkyl halides is 3. The molecule has 1 aliphatic rings. The van der Waals surface area contributed by atoms with E-state index in [1.807, 2.05) is 6.92 Å². The fraction of sp³-hybridized carbons (Fsp3) is 0.833. The summed E-state index contributed by atoms with van der Waals surface area (Å²) in [6, 6.07) is 0. The quantitative estimate of drug-likeness (QED) is 0.866. The van der Waals surface area contributed by atoms with E-state index in [9.17, 15) is 27.9 Å². The number of carboxylic acid groups (broad SMARTS) is 1. The first-order chi connectivity index (χ1) is 9.20. The van der Waals surface area contributed by atoms with Gasteiger partial charge in [0, 0.05) is 13.1 Å². The van der Waals surface area contributed by atoms with Crippen molar-refractivity contribution in [2.24, 2.45) is 5.41 Å². The standard InChI is InChI=1S/C12H18F3NO4/c1-2-3-11(9(17)18)4-6-16(7-5-11)10(19)20-8-12(13,14)15/h2-8H2,1H3,(H,17,18). The highest BCUT2D eigenvalue weighted by molar-refractivity contribution is 5.75. The first kappa shape index (κ1) is 16.6. The lowest BCUT2D eigenvalue weighted by atomic mass is 9.75. The molecule has 1 saturated heterocycles. The fourth-order valence-corrected chi connectivity index (χ4v) is 2.40. The summed E-state index contributed by atoms with van der Waals surface area (Å²) in [5.41, 5.74) is -0.879. The Morgan fingerprint density at radius 3 is 2.25 bits per heavy atom. The van der Waals surface area contributed by atoms with Gasteiger partial charge in [-0.25, -0.2) is 4.79 Å². The van der Waals surface area contributed by atoms with Crippen LogP contribution in [0.15, 0.2) is 0 Å². The summed E-state index contributed by atoms with van der Waals surface area (Å²) in [6.07, 6.45) is -3.94. The number of carbonyl (C=O) groups is 2. The number of hydrogen-bond donors (Lipinski definition) is 1. The molecule has 8 heteroatoms. The predicted octanol–water partition coefficient (Wildman–Crippen LogP) is 2.65. The number of likely N-dealkylation sites (tertiary alicyclic amines) is 1. The van der Waals surface area contributed by atoms with Crippen LogP contribution in [0.25, 0.3) is 0 Å². The van der Waals surface area contributed by atoms with Crippen molar-refractivity contribution in [2.45, 2.75) is 38.8 Å². The maximum atomic E-state index is 11.9. The highest BCUT2D eigenvalue weighted by Gasteiger charge is 2.42. The third-order valence-corrected chi connectivity index (χ3v) is 3.52. The Labute approximate surface area is 114 Å². The monoisotopic (exact) mass is 297 g/mol. The van der Waals surface area contributed by atoms with E-state index < -0.39 is 30.3 Å². The van der Waals surface area contributed by atoms with Gasteiger partial charge in [0.15, 0.2) is 6.61 Å². The lowest BCUT2D eigenvalue weighted by molar-refractivity contribution is -0.163. The van der Waals surface area contributed by atoms with E-state index in [1.165, 1.54) is 0 Å². The largest absolute Gasteiger partial charge is 0.481 e. The summed E-state index contributed by atoms with van der Waals surface area (Å²) < 4.78 is 40.0. The fourth-order valence-electron chi connectivity index (χ4n) is 2.40. The number of ether oxygens (including phenoxy) is 1. The lowest BCUT2D eigenvalue weighted by Gasteiger charge is -2.38. The molecule has 1 rings (SSSR count). The molecule has 1 N–H and O–H groups in total. The van der Waals surface area contributed by atoms with Gasteiger partial charge in [-0.05, 0) is 19.3 Å². The van der Waals surface area contributed by atoms with Gasteiger partial charge in [-0.1, -0.05) is 13.3 Å². The topological polar surface area (TPSA) is 66.8 Å². The number of carbonyl (C=O) groups excluding carboxylic acids is 1. The molecule has 0 aromatic carbocycles. The zero-order valence-electron chi connectivity index (χ0n) is 11.2. The Kier molecular flexibility index (Phi) is 5.24. The van der Waals surface area contributed by atoms with Gasteiger partial charge in [0.1, 0.15) is 0 Å². The van der Waals surface area contributed by atoms with Gasteiger partial charge < -0.3 is 14.7 Å². The molecule has 0 aromatic rings. The summed E-state index contributed by atoms with van der Waals surface area (Å²) in [7, 11) is 0. The molecule has 0 bridgehead atoms. The second-order valence-electron chi connectivity index (χ2n) is 4.99. The Morgan fingerprint density at radius 2 is 1.85 bits per heavy atom. The first-order valence-corrected chi connectivity index (χ1v) is 6.42. The Balaban J connectivity index is 2.52. The van der Waals surface area contributed by atoms with E-state index in [0.29, 0.717) is 12.8 Å². The van der Waals surface area contributed by atoms with E-state index in [-0.39, 0.29) is 25.9 Å². The number of halogens is 3. The highest BCUT2D eigenvalue weighted by Crippen LogP contribution is 2.36. The summed E-state index contributed by atoms with van der Waals surface area (Å²) >= 11 is 0. The lowest BCUT2D eigenvalue weighted by Crippen LogP contribution is -2.47. The molecule has 1 aliphatic heterocycles. The number of rotatable bonds is 4. The van der Waals surface area contributed by atoms with Crippen molar-refractivity contribution in [3.8, 4) is 0 Å². The van der Waals surface area contributed by atoms with E-state index in [0.717, 1.165) is 4.90 Å². The summed E-state index contributed by atoms with van der Waals surface area (Å²) in [5.74, 6) is -0.914. The molecule has 0 aromatic heterocycles. The van der Waals surface area contributed by atoms with Gasteiger partial charge in [0.2, 0.25) is 0 Å². The molecule has 1 fully saturated rings. The average Bonchev–Trinajstić information content (AvgIpc) is 2.36. The van der Waals surface area contributed by atoms with Crippen LogP contribution in [-0.2, 0) is 9.53 Å². The normalized spacial score (nSPS) is 18.7. The molecule has 0 unspecified atom stereocenters. The van der Waals surface area contributed by atoms with Gasteiger partial charge in [-0.3, -0.25) is 4.79 Å². The van der Waals surface area contributed by atoms with Gasteiger partial charge in [0.05, 0.1) is 5.41 Å². The van der Waals surface area contributed by atoms with E-state index in [4.69, 9.17) is 0 Å². The molecule has 5 nitrogen and oxygen atoms in total. The number of aliphatic carboxylic acids is 1. The molecule has 0 atom stereocenters. The Hall–Kier alpha value is -1.47. The van der Waals surface area contributed by atoms with Crippen molar-refractivity contribution in [1.82, 2.24) is 4.90 Å². The Morgan fingerprint density at radius 1 is 1.30 bits per heavy atom. The molecule has 0 radical (unpaired) electrons. The zero-order valence-corrected chi connectivity index (χ0v) is 11.2. The number of nitrogens with zero attached hydrogens (tertiary/aromatic N) is 1. The summed E-state index contributed by atoms with van der Waals surface area (Å²) in [4.78, 5) is 23.9. The maximum absolute atomic E-state index is 11.9. The van der Waals surface area contributed by atoms with Gasteiger partial charge in [-0.2, -0.15) is 13.2 Å². The van der Waals surface area contributed by atoms with Gasteiger partial charge in [0.25, 0.3) is 0 Å². The SMILES string of the molecule is CCCC1(C(=O)O)CCN(C(=O)OCC(F)(F)F)CC1. The van der Waals surface area contributed by atoms with Crippen LogP contribution in [-0.4, -0.2) is 47.9 Å². The van der Waals surface area contributed by atoms with Crippen molar-refractivity contribution in [2.75, 3.05) is 19.7 Å². The summed E-state index contributed by atoms with van der Waals surface area (Å²) in [6.45, 7) is 0.446. The molecule has 0 aliphatic carbocycles. The number of piperidine rings is 1. The van der Waals surface area contributed by atoms with E-state index in [2.05, 4.69) is 4.74 Å². The third kappa shape index (κ3) is 4.28. The molecule has 0 saturated carbocycles. The number of amides is 1. The molecular formula is C12H18F3NO4. The predicted molar refractivity (Wildman–Crippen MR) is 63.2 cm³/mol. The molecule has 1 amide bonds. The van der Waals surface area contributed by atoms with Crippen LogP contribution in [0.2, 0.25) is 0 Å². The minimum atomic E-state index is -4.56. The van der Waals surface area contributed by atoms with Crippen LogP contribution in [0.5, 0.6) is 0 Å². The van der Waals surface area contributed by atoms with Crippen LogP contribution in [0, 0.1) is 5.41 Å². The van der Waals surface area contributed by atoms with Crippen molar-refractivity contribution in [3.63, 3.8) is 0 Å². The van der Waals surface area contributed by atoms with Crippen LogP contribution >= 0.6 is 0 Å². The number of hydrogen-bond acceptors (Lipinski definition) is 3. The molecule has 0 spiro atoms. The van der Waals surface area contributed by atoms with Crippen molar-refractivity contribution >= 4 is 12.1 Å². The van der Waals surface area contributed by atoms with Crippen molar-refractivity contribution in [1.29, 1.82) is 0 Å². The van der Waals surface area contributed by atoms with Crippen LogP contribution in [0.4, 0.5) is 18.0 Å². The van der Waals surface area contributed by atoms with E-state index >= 15 is 0 Å². The molecule has 116 valence electrons. The molecule has 20 heavy (non-hydrogen) atoms. The van der Waals surface area contributed by atoms with Gasteiger partial charge in [-0.15, -0.1) is 0 Å². The van der Waals surface area contributed by atoms with Gasteiger partial charge >= 0.3 is 18.2 Å². The Bertz CT molecular complexity index is 362. The van der Waals surface area contributed by atoms with E-state index in [1.54, 1.807) is 0 Å². The third-order valence-electron chi connectivity index (χ3n) is 3.52. The van der Waals surface area contributed by atoms with Crippen LogP contribution < -0.4 is 0 Å². The first-order valence-electron chi connectivity index (χ1n) is 6.42. The highest BCUT2D eigenvalue weighted by atomic mass is 19.4. The van der Waals surface area contributed by atoms with Crippen LogP contribution in [0.3, 0.4) is 0 Å². The molecule has 1 heterocycles. The van der Waals surface area contributed by atoms with Crippen molar-refractivity contribution in [3.05, 3.63) is 0 Å². The van der Waals surface area contributed by atoms with Crippen molar-refractivity contribution < 1.29 is 32.6 Å². The smallest absolute Gasteiger partial charge is 0.422 e. The summed E-state index contributed by atoms with van der Waals surface area (Å²) in [5, 5.41) is 9.27. The second kappa shape index (κ2) is 6.32. The maximum Gasteiger partial charge on any atom is 0.422 e. The molecular weight excluding hydrogens is 279 g/mol. The zero-order chi connectivity index (χ0) is 15.4. The second-order valence-corrected chi connectivity index (χ2v) is 4.99.